The van der Waals surface area contributed by atoms with Gasteiger partial charge in [0.25, 0.3) is 0 Å². The van der Waals surface area contributed by atoms with Crippen LogP contribution in [0.4, 0.5) is 0 Å². The van der Waals surface area contributed by atoms with Crippen molar-refractivity contribution in [1.82, 2.24) is 14.4 Å². The first-order valence-corrected chi connectivity index (χ1v) is 9.15. The maximum absolute atomic E-state index is 12.9. The monoisotopic (exact) mass is 347 g/mol. The van der Waals surface area contributed by atoms with Crippen molar-refractivity contribution in [2.24, 2.45) is 13.0 Å². The molecule has 0 aliphatic carbocycles. The average molecular weight is 348 g/mol. The van der Waals surface area contributed by atoms with Crippen LogP contribution < -0.4 is 0 Å². The van der Waals surface area contributed by atoms with Crippen molar-refractivity contribution in [3.8, 4) is 0 Å². The topological polar surface area (TPSA) is 45.6 Å². The largest absolute Gasteiger partial charge is 0.353 e. The lowest BCUT2D eigenvalue weighted by atomic mass is 10.2. The second kappa shape index (κ2) is 10.7. The number of hydrogen-bond donors (Lipinski definition) is 0. The summed E-state index contributed by atoms with van der Waals surface area (Å²) in [5.74, 6) is 0.382. The number of hydrogen-bond acceptors (Lipinski definition) is 2. The summed E-state index contributed by atoms with van der Waals surface area (Å²) in [7, 11) is 1.98. The molecule has 5 heteroatoms. The predicted molar refractivity (Wildman–Crippen MR) is 102 cm³/mol. The molecule has 25 heavy (non-hydrogen) atoms. The van der Waals surface area contributed by atoms with E-state index in [0.29, 0.717) is 32.0 Å². The maximum Gasteiger partial charge on any atom is 0.242 e. The molecular formula is C20H33N3O2. The van der Waals surface area contributed by atoms with Crippen molar-refractivity contribution >= 4 is 11.8 Å². The molecule has 0 radical (unpaired) electrons. The maximum atomic E-state index is 12.9. The Morgan fingerprint density at radius 1 is 1.28 bits per heavy atom. The van der Waals surface area contributed by atoms with E-state index in [1.807, 2.05) is 34.8 Å². The van der Waals surface area contributed by atoms with Crippen molar-refractivity contribution in [3.63, 3.8) is 0 Å². The van der Waals surface area contributed by atoms with Gasteiger partial charge in [0.1, 0.15) is 6.54 Å². The fraction of sp³-hybridized carbons (Fsp3) is 0.600. The van der Waals surface area contributed by atoms with Crippen LogP contribution >= 0.6 is 0 Å². The first-order chi connectivity index (χ1) is 11.9. The zero-order valence-corrected chi connectivity index (χ0v) is 16.2. The molecular weight excluding hydrogens is 314 g/mol. The van der Waals surface area contributed by atoms with Gasteiger partial charge in [0.05, 0.1) is 6.54 Å². The summed E-state index contributed by atoms with van der Waals surface area (Å²) in [5, 5.41) is 0. The molecule has 1 heterocycles. The lowest BCUT2D eigenvalue weighted by Crippen LogP contribution is -2.44. The number of carbonyl (C=O) groups is 2. The van der Waals surface area contributed by atoms with Gasteiger partial charge in [0.2, 0.25) is 11.8 Å². The first-order valence-electron chi connectivity index (χ1n) is 9.15. The van der Waals surface area contributed by atoms with Crippen molar-refractivity contribution in [3.05, 3.63) is 36.7 Å². The third-order valence-electron chi connectivity index (χ3n) is 4.11. The van der Waals surface area contributed by atoms with Crippen LogP contribution in [0.5, 0.6) is 0 Å². The summed E-state index contributed by atoms with van der Waals surface area (Å²) in [4.78, 5) is 28.7. The van der Waals surface area contributed by atoms with Crippen LogP contribution in [-0.4, -0.2) is 45.8 Å². The molecule has 1 aromatic heterocycles. The minimum absolute atomic E-state index is 0.0124. The van der Waals surface area contributed by atoms with Gasteiger partial charge in [-0.1, -0.05) is 33.3 Å². The second-order valence-corrected chi connectivity index (χ2v) is 6.95. The molecule has 140 valence electrons. The number of unbranched alkanes of at least 4 members (excludes halogenated alkanes) is 1. The van der Waals surface area contributed by atoms with Crippen molar-refractivity contribution < 1.29 is 9.59 Å². The quantitative estimate of drug-likeness (QED) is 0.577. The van der Waals surface area contributed by atoms with E-state index < -0.39 is 0 Å². The van der Waals surface area contributed by atoms with Crippen LogP contribution in [0, 0.1) is 5.92 Å². The van der Waals surface area contributed by atoms with E-state index in [4.69, 9.17) is 0 Å². The average Bonchev–Trinajstić information content (AvgIpc) is 2.96. The Labute approximate surface area is 152 Å². The minimum atomic E-state index is -0.0124. The van der Waals surface area contributed by atoms with Gasteiger partial charge in [0.15, 0.2) is 0 Å². The van der Waals surface area contributed by atoms with Crippen LogP contribution in [-0.2, 0) is 23.2 Å². The van der Waals surface area contributed by atoms with Crippen molar-refractivity contribution in [2.75, 3.05) is 19.6 Å². The van der Waals surface area contributed by atoms with Gasteiger partial charge >= 0.3 is 0 Å². The first kappa shape index (κ1) is 21.0. The fourth-order valence-corrected chi connectivity index (χ4v) is 2.71. The zero-order valence-electron chi connectivity index (χ0n) is 16.2. The third kappa shape index (κ3) is 7.16. The van der Waals surface area contributed by atoms with Gasteiger partial charge in [-0.15, -0.1) is 6.58 Å². The van der Waals surface area contributed by atoms with E-state index in [9.17, 15) is 9.59 Å². The summed E-state index contributed by atoms with van der Waals surface area (Å²) in [6.07, 6.45) is 5.96. The number of aryl methyl sites for hydroxylation is 1. The molecule has 5 nitrogen and oxygen atoms in total. The second-order valence-electron chi connectivity index (χ2n) is 6.95. The van der Waals surface area contributed by atoms with Gasteiger partial charge in [-0.05, 0) is 24.5 Å². The Morgan fingerprint density at radius 3 is 2.52 bits per heavy atom. The van der Waals surface area contributed by atoms with Gasteiger partial charge in [-0.2, -0.15) is 0 Å². The lowest BCUT2D eigenvalue weighted by Gasteiger charge is -2.28. The Hall–Kier alpha value is -2.04. The normalized spacial score (nSPS) is 10.8. The van der Waals surface area contributed by atoms with E-state index in [2.05, 4.69) is 27.4 Å². The lowest BCUT2D eigenvalue weighted by molar-refractivity contribution is -0.140. The van der Waals surface area contributed by atoms with Crippen LogP contribution in [0.3, 0.4) is 0 Å². The highest BCUT2D eigenvalue weighted by Gasteiger charge is 2.21. The highest BCUT2D eigenvalue weighted by molar-refractivity contribution is 5.85. The summed E-state index contributed by atoms with van der Waals surface area (Å²) < 4.78 is 2.02. The van der Waals surface area contributed by atoms with Gasteiger partial charge in [-0.25, -0.2) is 0 Å². The van der Waals surface area contributed by atoms with Crippen LogP contribution in [0.25, 0.3) is 0 Å². The molecule has 0 aliphatic heterocycles. The standard InChI is InChI=1S/C20H33N3O2/c1-6-8-11-19(24)22(12-7-2)16-20(25)23(14-17(3)4)15-18-10-9-13-21(18)5/h7,9-10,13,17H,2,6,8,11-12,14-16H2,1,3-5H3. The summed E-state index contributed by atoms with van der Waals surface area (Å²) >= 11 is 0. The van der Waals surface area contributed by atoms with E-state index in [1.54, 1.807) is 11.0 Å². The number of rotatable bonds is 11. The van der Waals surface area contributed by atoms with Crippen LogP contribution in [0.2, 0.25) is 0 Å². The third-order valence-corrected chi connectivity index (χ3v) is 4.11. The molecule has 0 N–H and O–H groups in total. The summed E-state index contributed by atoms with van der Waals surface area (Å²) in [5.41, 5.74) is 1.08. The van der Waals surface area contributed by atoms with Crippen molar-refractivity contribution in [1.29, 1.82) is 0 Å². The number of aromatic nitrogens is 1. The molecule has 0 bridgehead atoms. The van der Waals surface area contributed by atoms with Gasteiger partial charge in [0, 0.05) is 38.4 Å². The molecule has 1 rings (SSSR count). The Bertz CT molecular complexity index is 563. The smallest absolute Gasteiger partial charge is 0.242 e. The van der Waals surface area contributed by atoms with E-state index in [-0.39, 0.29) is 18.4 Å². The SMILES string of the molecule is C=CCN(CC(=O)N(Cc1cccn1C)CC(C)C)C(=O)CCCC. The number of amides is 2. The van der Waals surface area contributed by atoms with Crippen LogP contribution in [0.15, 0.2) is 31.0 Å². The molecule has 0 saturated heterocycles. The molecule has 0 fully saturated rings. The molecule has 0 aromatic carbocycles. The number of nitrogens with zero attached hydrogens (tertiary/aromatic N) is 3. The molecule has 0 spiro atoms. The minimum Gasteiger partial charge on any atom is -0.353 e. The van der Waals surface area contributed by atoms with Crippen molar-refractivity contribution in [2.45, 2.75) is 46.6 Å². The molecule has 2 amide bonds. The zero-order chi connectivity index (χ0) is 18.8. The van der Waals surface area contributed by atoms with E-state index in [1.165, 1.54) is 0 Å². The number of carbonyl (C=O) groups excluding carboxylic acids is 2. The Kier molecular flexibility index (Phi) is 9.03. The van der Waals surface area contributed by atoms with Crippen LogP contribution in [0.1, 0.15) is 45.7 Å². The van der Waals surface area contributed by atoms with E-state index in [0.717, 1.165) is 18.5 Å². The summed E-state index contributed by atoms with van der Waals surface area (Å²) in [6, 6.07) is 4.00. The molecule has 0 saturated carbocycles. The predicted octanol–water partition coefficient (Wildman–Crippen LogP) is 3.21. The van der Waals surface area contributed by atoms with Gasteiger partial charge in [-0.3, -0.25) is 9.59 Å². The van der Waals surface area contributed by atoms with E-state index >= 15 is 0 Å². The molecule has 0 atom stereocenters. The van der Waals surface area contributed by atoms with Gasteiger partial charge < -0.3 is 14.4 Å². The highest BCUT2D eigenvalue weighted by atomic mass is 16.2. The Morgan fingerprint density at radius 2 is 2.00 bits per heavy atom. The molecule has 0 aliphatic rings. The summed E-state index contributed by atoms with van der Waals surface area (Å²) in [6.45, 7) is 11.7. The Balaban J connectivity index is 2.81. The molecule has 0 unspecified atom stereocenters. The molecule has 1 aromatic rings. The highest BCUT2D eigenvalue weighted by Crippen LogP contribution is 2.10. The fourth-order valence-electron chi connectivity index (χ4n) is 2.71.